The summed E-state index contributed by atoms with van der Waals surface area (Å²) < 4.78 is 23.3. The summed E-state index contributed by atoms with van der Waals surface area (Å²) in [4.78, 5) is 11.8. The zero-order valence-corrected chi connectivity index (χ0v) is 10.8. The molecule has 0 aliphatic rings. The molecule has 0 bridgehead atoms. The van der Waals surface area contributed by atoms with Crippen molar-refractivity contribution in [2.24, 2.45) is 0 Å². The van der Waals surface area contributed by atoms with Crippen molar-refractivity contribution in [3.63, 3.8) is 0 Å². The second kappa shape index (κ2) is 6.06. The molecule has 0 unspecified atom stereocenters. The lowest BCUT2D eigenvalue weighted by atomic mass is 10.2. The molecule has 104 valence electrons. The minimum atomic E-state index is -0.604. The number of carbonyl (C=O) groups excluding carboxylic acids is 1. The van der Waals surface area contributed by atoms with Crippen LogP contribution in [0.15, 0.2) is 42.5 Å². The zero-order valence-electron chi connectivity index (χ0n) is 10.8. The Hall–Kier alpha value is -2.56. The van der Waals surface area contributed by atoms with Crippen LogP contribution in [-0.2, 0) is 11.3 Å². The number of esters is 1. The number of benzene rings is 2. The third kappa shape index (κ3) is 3.26. The normalized spacial score (nSPS) is 10.1. The van der Waals surface area contributed by atoms with E-state index in [2.05, 4.69) is 0 Å². The van der Waals surface area contributed by atoms with Crippen LogP contribution in [-0.4, -0.2) is 18.2 Å². The van der Waals surface area contributed by atoms with Gasteiger partial charge in [-0.05, 0) is 36.4 Å². The average molecular weight is 276 g/mol. The number of ether oxygens (including phenoxy) is 2. The van der Waals surface area contributed by atoms with Gasteiger partial charge in [-0.3, -0.25) is 0 Å². The molecule has 2 aromatic carbocycles. The highest BCUT2D eigenvalue weighted by atomic mass is 19.1. The Balaban J connectivity index is 2.09. The third-order valence-electron chi connectivity index (χ3n) is 2.68. The van der Waals surface area contributed by atoms with Crippen molar-refractivity contribution in [2.75, 3.05) is 7.11 Å². The van der Waals surface area contributed by atoms with Gasteiger partial charge >= 0.3 is 5.97 Å². The maximum atomic E-state index is 13.2. The van der Waals surface area contributed by atoms with Gasteiger partial charge in [-0.2, -0.15) is 0 Å². The maximum Gasteiger partial charge on any atom is 0.338 e. The molecule has 0 amide bonds. The first-order chi connectivity index (χ1) is 9.60. The lowest BCUT2D eigenvalue weighted by molar-refractivity contribution is 0.0469. The summed E-state index contributed by atoms with van der Waals surface area (Å²) in [6.45, 7) is -0.116. The second-order valence-electron chi connectivity index (χ2n) is 4.08. The van der Waals surface area contributed by atoms with E-state index in [0.29, 0.717) is 11.3 Å². The Bertz CT molecular complexity index is 625. The van der Waals surface area contributed by atoms with Crippen LogP contribution in [0.3, 0.4) is 0 Å². The first-order valence-electron chi connectivity index (χ1n) is 5.88. The molecule has 0 saturated heterocycles. The van der Waals surface area contributed by atoms with Crippen LogP contribution in [0.4, 0.5) is 4.39 Å². The Morgan fingerprint density at radius 1 is 1.25 bits per heavy atom. The highest BCUT2D eigenvalue weighted by Gasteiger charge is 2.11. The van der Waals surface area contributed by atoms with Crippen molar-refractivity contribution in [3.8, 4) is 11.5 Å². The van der Waals surface area contributed by atoms with E-state index in [1.165, 1.54) is 49.6 Å². The van der Waals surface area contributed by atoms with E-state index >= 15 is 0 Å². The molecule has 5 heteroatoms. The average Bonchev–Trinajstić information content (AvgIpc) is 2.45. The third-order valence-corrected chi connectivity index (χ3v) is 2.68. The van der Waals surface area contributed by atoms with Gasteiger partial charge in [-0.25, -0.2) is 9.18 Å². The minimum absolute atomic E-state index is 0.0252. The summed E-state index contributed by atoms with van der Waals surface area (Å²) in [6, 6.07) is 9.78. The van der Waals surface area contributed by atoms with Crippen LogP contribution in [0.1, 0.15) is 15.9 Å². The molecule has 0 aliphatic carbocycles. The standard InChI is InChI=1S/C15H13FO4/c1-19-14-6-5-12(16)7-11(14)9-20-15(18)10-3-2-4-13(17)8-10/h2-8,17H,9H2,1H3. The molecular formula is C15H13FO4. The molecule has 0 spiro atoms. The molecule has 0 atom stereocenters. The molecule has 0 aromatic heterocycles. The first-order valence-corrected chi connectivity index (χ1v) is 5.88. The van der Waals surface area contributed by atoms with Crippen molar-refractivity contribution >= 4 is 5.97 Å². The summed E-state index contributed by atoms with van der Waals surface area (Å²) in [7, 11) is 1.45. The van der Waals surface area contributed by atoms with Crippen LogP contribution >= 0.6 is 0 Å². The van der Waals surface area contributed by atoms with Gasteiger partial charge in [0.1, 0.15) is 23.9 Å². The van der Waals surface area contributed by atoms with E-state index in [4.69, 9.17) is 9.47 Å². The number of phenols is 1. The number of halogens is 1. The van der Waals surface area contributed by atoms with Crippen molar-refractivity contribution < 1.29 is 23.8 Å². The molecular weight excluding hydrogens is 263 g/mol. The van der Waals surface area contributed by atoms with Gasteiger partial charge in [-0.15, -0.1) is 0 Å². The topological polar surface area (TPSA) is 55.8 Å². The summed E-state index contributed by atoms with van der Waals surface area (Å²) in [6.07, 6.45) is 0. The number of carbonyl (C=O) groups is 1. The number of hydrogen-bond donors (Lipinski definition) is 1. The maximum absolute atomic E-state index is 13.2. The van der Waals surface area contributed by atoms with E-state index in [-0.39, 0.29) is 17.9 Å². The Kier molecular flexibility index (Phi) is 4.20. The smallest absolute Gasteiger partial charge is 0.338 e. The Morgan fingerprint density at radius 2 is 2.05 bits per heavy atom. The van der Waals surface area contributed by atoms with E-state index in [9.17, 15) is 14.3 Å². The van der Waals surface area contributed by atoms with Crippen molar-refractivity contribution in [1.29, 1.82) is 0 Å². The molecule has 2 aromatic rings. The van der Waals surface area contributed by atoms with Gasteiger partial charge in [0.05, 0.1) is 12.7 Å². The van der Waals surface area contributed by atoms with Crippen LogP contribution in [0, 0.1) is 5.82 Å². The van der Waals surface area contributed by atoms with Gasteiger partial charge in [0, 0.05) is 5.56 Å². The minimum Gasteiger partial charge on any atom is -0.508 e. The van der Waals surface area contributed by atoms with Gasteiger partial charge in [0.15, 0.2) is 0 Å². The highest BCUT2D eigenvalue weighted by Crippen LogP contribution is 2.21. The summed E-state index contributed by atoms with van der Waals surface area (Å²) in [5.41, 5.74) is 0.654. The van der Waals surface area contributed by atoms with Crippen LogP contribution < -0.4 is 4.74 Å². The fraction of sp³-hybridized carbons (Fsp3) is 0.133. The molecule has 2 rings (SSSR count). The second-order valence-corrected chi connectivity index (χ2v) is 4.08. The summed E-state index contributed by atoms with van der Waals surface area (Å²) in [5.74, 6) is -0.626. The number of rotatable bonds is 4. The number of aromatic hydroxyl groups is 1. The summed E-state index contributed by atoms with van der Waals surface area (Å²) >= 11 is 0. The van der Waals surface area contributed by atoms with Crippen LogP contribution in [0.2, 0.25) is 0 Å². The van der Waals surface area contributed by atoms with Crippen molar-refractivity contribution in [3.05, 3.63) is 59.4 Å². The fourth-order valence-electron chi connectivity index (χ4n) is 1.72. The molecule has 0 fully saturated rings. The van der Waals surface area contributed by atoms with Crippen molar-refractivity contribution in [1.82, 2.24) is 0 Å². The predicted molar refractivity (Wildman–Crippen MR) is 70.2 cm³/mol. The largest absolute Gasteiger partial charge is 0.508 e. The number of phenolic OH excluding ortho intramolecular Hbond substituents is 1. The monoisotopic (exact) mass is 276 g/mol. The lowest BCUT2D eigenvalue weighted by Crippen LogP contribution is -2.06. The molecule has 0 aliphatic heterocycles. The molecule has 4 nitrogen and oxygen atoms in total. The van der Waals surface area contributed by atoms with E-state index in [1.54, 1.807) is 0 Å². The van der Waals surface area contributed by atoms with Crippen LogP contribution in [0.25, 0.3) is 0 Å². The Labute approximate surface area is 115 Å². The van der Waals surface area contributed by atoms with E-state index in [0.717, 1.165) is 0 Å². The fourth-order valence-corrected chi connectivity index (χ4v) is 1.72. The molecule has 0 saturated carbocycles. The molecule has 1 N–H and O–H groups in total. The SMILES string of the molecule is COc1ccc(F)cc1COC(=O)c1cccc(O)c1. The molecule has 20 heavy (non-hydrogen) atoms. The van der Waals surface area contributed by atoms with Gasteiger partial charge < -0.3 is 14.6 Å². The van der Waals surface area contributed by atoms with E-state index in [1.807, 2.05) is 0 Å². The molecule has 0 heterocycles. The van der Waals surface area contributed by atoms with E-state index < -0.39 is 11.8 Å². The predicted octanol–water partition coefficient (Wildman–Crippen LogP) is 2.90. The number of hydrogen-bond acceptors (Lipinski definition) is 4. The lowest BCUT2D eigenvalue weighted by Gasteiger charge is -2.09. The van der Waals surface area contributed by atoms with Gasteiger partial charge in [0.25, 0.3) is 0 Å². The Morgan fingerprint density at radius 3 is 2.75 bits per heavy atom. The zero-order chi connectivity index (χ0) is 14.5. The molecule has 0 radical (unpaired) electrons. The van der Waals surface area contributed by atoms with Gasteiger partial charge in [-0.1, -0.05) is 6.07 Å². The van der Waals surface area contributed by atoms with Crippen molar-refractivity contribution in [2.45, 2.75) is 6.61 Å². The number of methoxy groups -OCH3 is 1. The van der Waals surface area contributed by atoms with Crippen LogP contribution in [0.5, 0.6) is 11.5 Å². The van der Waals surface area contributed by atoms with Gasteiger partial charge in [0.2, 0.25) is 0 Å². The summed E-state index contributed by atoms with van der Waals surface area (Å²) in [5, 5.41) is 9.29. The first kappa shape index (κ1) is 13.9. The quantitative estimate of drug-likeness (QED) is 0.872. The highest BCUT2D eigenvalue weighted by molar-refractivity contribution is 5.89.